The minimum absolute atomic E-state index is 0.00520. The highest BCUT2D eigenvalue weighted by Gasteiger charge is 2.18. The van der Waals surface area contributed by atoms with Gasteiger partial charge in [-0.15, -0.1) is 0 Å². The lowest BCUT2D eigenvalue weighted by molar-refractivity contribution is -0.384. The third kappa shape index (κ3) is 3.56. The summed E-state index contributed by atoms with van der Waals surface area (Å²) < 4.78 is 1.69. The van der Waals surface area contributed by atoms with Crippen LogP contribution in [0.5, 0.6) is 0 Å². The number of benzene rings is 1. The van der Waals surface area contributed by atoms with E-state index in [-0.39, 0.29) is 23.0 Å². The SMILES string of the molecule is CC(Cn1cccn1)Nc1cc(C(=O)O)ccc1[N+](=O)[O-]. The van der Waals surface area contributed by atoms with E-state index in [9.17, 15) is 14.9 Å². The zero-order valence-electron chi connectivity index (χ0n) is 11.3. The number of anilines is 1. The van der Waals surface area contributed by atoms with E-state index < -0.39 is 10.9 Å². The number of nitro benzene ring substituents is 1. The molecular formula is C13H14N4O4. The first-order chi connectivity index (χ1) is 9.97. The van der Waals surface area contributed by atoms with Crippen molar-refractivity contribution in [3.63, 3.8) is 0 Å². The van der Waals surface area contributed by atoms with Crippen LogP contribution in [0.3, 0.4) is 0 Å². The molecule has 1 heterocycles. The van der Waals surface area contributed by atoms with Gasteiger partial charge in [-0.1, -0.05) is 0 Å². The summed E-state index contributed by atoms with van der Waals surface area (Å²) in [6.45, 7) is 2.33. The molecule has 21 heavy (non-hydrogen) atoms. The van der Waals surface area contributed by atoms with Crippen molar-refractivity contribution in [2.75, 3.05) is 5.32 Å². The highest BCUT2D eigenvalue weighted by Crippen LogP contribution is 2.26. The summed E-state index contributed by atoms with van der Waals surface area (Å²) in [4.78, 5) is 21.4. The van der Waals surface area contributed by atoms with Crippen LogP contribution in [0.15, 0.2) is 36.7 Å². The first-order valence-corrected chi connectivity index (χ1v) is 6.23. The molecule has 0 aliphatic carbocycles. The maximum Gasteiger partial charge on any atom is 0.335 e. The second-order valence-electron chi connectivity index (χ2n) is 4.57. The molecule has 1 unspecified atom stereocenters. The molecule has 0 aliphatic rings. The van der Waals surface area contributed by atoms with E-state index in [1.165, 1.54) is 18.2 Å². The van der Waals surface area contributed by atoms with Crippen molar-refractivity contribution in [3.05, 3.63) is 52.3 Å². The van der Waals surface area contributed by atoms with Crippen LogP contribution in [-0.2, 0) is 6.54 Å². The van der Waals surface area contributed by atoms with Crippen LogP contribution in [0.1, 0.15) is 17.3 Å². The van der Waals surface area contributed by atoms with Gasteiger partial charge in [0.15, 0.2) is 0 Å². The van der Waals surface area contributed by atoms with Crippen molar-refractivity contribution in [1.82, 2.24) is 9.78 Å². The van der Waals surface area contributed by atoms with E-state index in [0.717, 1.165) is 0 Å². The highest BCUT2D eigenvalue weighted by atomic mass is 16.6. The van der Waals surface area contributed by atoms with Crippen molar-refractivity contribution < 1.29 is 14.8 Å². The number of hydrogen-bond donors (Lipinski definition) is 2. The molecule has 2 rings (SSSR count). The van der Waals surface area contributed by atoms with Crippen LogP contribution in [0.4, 0.5) is 11.4 Å². The number of nitro groups is 1. The Balaban J connectivity index is 2.21. The normalized spacial score (nSPS) is 11.9. The molecule has 0 bridgehead atoms. The van der Waals surface area contributed by atoms with Gasteiger partial charge >= 0.3 is 5.97 Å². The van der Waals surface area contributed by atoms with E-state index >= 15 is 0 Å². The van der Waals surface area contributed by atoms with Crippen LogP contribution in [-0.4, -0.2) is 31.8 Å². The number of carboxylic acid groups (broad SMARTS) is 1. The molecule has 0 amide bonds. The average Bonchev–Trinajstić information content (AvgIpc) is 2.90. The maximum atomic E-state index is 11.0. The summed E-state index contributed by atoms with van der Waals surface area (Å²) >= 11 is 0. The Hall–Kier alpha value is -2.90. The van der Waals surface area contributed by atoms with Gasteiger partial charge in [0.1, 0.15) is 5.69 Å². The number of nitrogens with zero attached hydrogens (tertiary/aromatic N) is 3. The predicted molar refractivity (Wildman–Crippen MR) is 75.4 cm³/mol. The standard InChI is InChI=1S/C13H14N4O4/c1-9(8-16-6-2-5-14-16)15-11-7-10(13(18)19)3-4-12(11)17(20)21/h2-7,9,15H,8H2,1H3,(H,18,19). The molecule has 2 aromatic rings. The molecule has 0 radical (unpaired) electrons. The Kier molecular flexibility index (Phi) is 4.17. The second kappa shape index (κ2) is 6.04. The van der Waals surface area contributed by atoms with Gasteiger partial charge in [0.2, 0.25) is 0 Å². The van der Waals surface area contributed by atoms with Gasteiger partial charge in [-0.25, -0.2) is 4.79 Å². The van der Waals surface area contributed by atoms with E-state index in [0.29, 0.717) is 6.54 Å². The number of carbonyl (C=O) groups is 1. The van der Waals surface area contributed by atoms with Gasteiger partial charge in [0, 0.05) is 24.5 Å². The van der Waals surface area contributed by atoms with Crippen molar-refractivity contribution in [2.45, 2.75) is 19.5 Å². The summed E-state index contributed by atoms with van der Waals surface area (Å²) in [5, 5.41) is 27.0. The van der Waals surface area contributed by atoms with Gasteiger partial charge in [-0.3, -0.25) is 14.8 Å². The quantitative estimate of drug-likeness (QED) is 0.621. The van der Waals surface area contributed by atoms with Gasteiger partial charge in [-0.05, 0) is 25.1 Å². The van der Waals surface area contributed by atoms with Gasteiger partial charge in [0.25, 0.3) is 5.69 Å². The lowest BCUT2D eigenvalue weighted by Gasteiger charge is -2.15. The number of aromatic carboxylic acids is 1. The molecule has 0 fully saturated rings. The molecule has 0 saturated heterocycles. The van der Waals surface area contributed by atoms with Crippen molar-refractivity contribution in [2.24, 2.45) is 0 Å². The highest BCUT2D eigenvalue weighted by molar-refractivity contribution is 5.90. The topological polar surface area (TPSA) is 110 Å². The minimum atomic E-state index is -1.13. The van der Waals surface area contributed by atoms with E-state index in [4.69, 9.17) is 5.11 Å². The lowest BCUT2D eigenvalue weighted by Crippen LogP contribution is -2.23. The zero-order valence-corrected chi connectivity index (χ0v) is 11.3. The third-order valence-corrected chi connectivity index (χ3v) is 2.86. The molecule has 0 saturated carbocycles. The minimum Gasteiger partial charge on any atom is -0.478 e. The second-order valence-corrected chi connectivity index (χ2v) is 4.57. The van der Waals surface area contributed by atoms with Crippen molar-refractivity contribution in [1.29, 1.82) is 0 Å². The number of hydrogen-bond acceptors (Lipinski definition) is 5. The Labute approximate surface area is 120 Å². The predicted octanol–water partition coefficient (Wildman–Crippen LogP) is 1.99. The molecule has 0 spiro atoms. The largest absolute Gasteiger partial charge is 0.478 e. The number of rotatable bonds is 6. The van der Waals surface area contributed by atoms with Crippen molar-refractivity contribution >= 4 is 17.3 Å². The van der Waals surface area contributed by atoms with Crippen LogP contribution < -0.4 is 5.32 Å². The van der Waals surface area contributed by atoms with E-state index in [1.807, 2.05) is 6.92 Å². The fraction of sp³-hybridized carbons (Fsp3) is 0.231. The maximum absolute atomic E-state index is 11.0. The smallest absolute Gasteiger partial charge is 0.335 e. The van der Waals surface area contributed by atoms with Crippen LogP contribution in [0.25, 0.3) is 0 Å². The summed E-state index contributed by atoms with van der Waals surface area (Å²) in [5.74, 6) is -1.13. The fourth-order valence-electron chi connectivity index (χ4n) is 1.94. The Morgan fingerprint density at radius 2 is 2.33 bits per heavy atom. The fourth-order valence-corrected chi connectivity index (χ4v) is 1.94. The number of carboxylic acids is 1. The molecular weight excluding hydrogens is 276 g/mol. The molecule has 1 atom stereocenters. The van der Waals surface area contributed by atoms with E-state index in [2.05, 4.69) is 10.4 Å². The summed E-state index contributed by atoms with van der Waals surface area (Å²) in [6, 6.07) is 5.28. The van der Waals surface area contributed by atoms with Crippen molar-refractivity contribution in [3.8, 4) is 0 Å². The number of nitrogens with one attached hydrogen (secondary N) is 1. The summed E-state index contributed by atoms with van der Waals surface area (Å²) in [6.07, 6.45) is 3.42. The van der Waals surface area contributed by atoms with Crippen LogP contribution >= 0.6 is 0 Å². The Morgan fingerprint density at radius 3 is 2.90 bits per heavy atom. The molecule has 8 nitrogen and oxygen atoms in total. The molecule has 8 heteroatoms. The first-order valence-electron chi connectivity index (χ1n) is 6.23. The molecule has 0 aliphatic heterocycles. The molecule has 1 aromatic heterocycles. The Morgan fingerprint density at radius 1 is 1.57 bits per heavy atom. The van der Waals surface area contributed by atoms with Gasteiger partial charge in [-0.2, -0.15) is 5.10 Å². The first kappa shape index (κ1) is 14.5. The third-order valence-electron chi connectivity index (χ3n) is 2.86. The molecule has 110 valence electrons. The lowest BCUT2D eigenvalue weighted by atomic mass is 10.1. The van der Waals surface area contributed by atoms with Crippen LogP contribution in [0, 0.1) is 10.1 Å². The average molecular weight is 290 g/mol. The van der Waals surface area contributed by atoms with Gasteiger partial charge in [0.05, 0.1) is 17.0 Å². The summed E-state index contributed by atoms with van der Waals surface area (Å²) in [7, 11) is 0. The van der Waals surface area contributed by atoms with E-state index in [1.54, 1.807) is 23.1 Å². The molecule has 2 N–H and O–H groups in total. The zero-order chi connectivity index (χ0) is 15.4. The Bertz CT molecular complexity index is 654. The monoisotopic (exact) mass is 290 g/mol. The summed E-state index contributed by atoms with van der Waals surface area (Å²) in [5.41, 5.74) is 0.0151. The molecule has 1 aromatic carbocycles. The number of aromatic nitrogens is 2. The van der Waals surface area contributed by atoms with Gasteiger partial charge < -0.3 is 10.4 Å². The van der Waals surface area contributed by atoms with Crippen LogP contribution in [0.2, 0.25) is 0 Å².